The predicted octanol–water partition coefficient (Wildman–Crippen LogP) is 3.47. The Morgan fingerprint density at radius 1 is 1.32 bits per heavy atom. The van der Waals surface area contributed by atoms with Gasteiger partial charge in [0.25, 0.3) is 5.91 Å². The molecule has 22 heavy (non-hydrogen) atoms. The Bertz CT molecular complexity index is 718. The van der Waals surface area contributed by atoms with E-state index in [4.69, 9.17) is 11.6 Å². The van der Waals surface area contributed by atoms with Gasteiger partial charge in [-0.15, -0.1) is 5.10 Å². The van der Waals surface area contributed by atoms with Crippen LogP contribution in [0.15, 0.2) is 35.9 Å². The molecule has 0 amide bonds. The molecule has 114 valence electrons. The first kappa shape index (κ1) is 14.8. The topological polar surface area (TPSA) is 59.8 Å². The second-order valence-electron chi connectivity index (χ2n) is 5.28. The smallest absolute Gasteiger partial charge is 0.272 e. The quantitative estimate of drug-likeness (QED) is 0.917. The summed E-state index contributed by atoms with van der Waals surface area (Å²) < 4.78 is 1.40. The first-order valence-electron chi connectivity index (χ1n) is 7.33. The molecule has 1 aliphatic rings. The largest absolute Gasteiger partial charge is 0.378 e. The first-order valence-corrected chi connectivity index (χ1v) is 7.71. The van der Waals surface area contributed by atoms with E-state index in [1.54, 1.807) is 6.08 Å². The Morgan fingerprint density at radius 2 is 2.09 bits per heavy atom. The molecule has 0 unspecified atom stereocenters. The van der Waals surface area contributed by atoms with Crippen LogP contribution in [0.5, 0.6) is 0 Å². The zero-order valence-corrected chi connectivity index (χ0v) is 13.1. The molecule has 2 heterocycles. The van der Waals surface area contributed by atoms with Gasteiger partial charge in [-0.1, -0.05) is 30.5 Å². The van der Waals surface area contributed by atoms with Crippen molar-refractivity contribution in [2.45, 2.75) is 32.7 Å². The van der Waals surface area contributed by atoms with E-state index < -0.39 is 0 Å². The molecule has 0 aliphatic carbocycles. The molecule has 1 aliphatic heterocycles. The molecule has 0 saturated carbocycles. The molecule has 5 nitrogen and oxygen atoms in total. The Kier molecular flexibility index (Phi) is 4.24. The first-order chi connectivity index (χ1) is 10.7. The molecular weight excluding hydrogens is 300 g/mol. The average Bonchev–Trinajstić information content (AvgIpc) is 2.91. The number of halogens is 1. The lowest BCUT2D eigenvalue weighted by atomic mass is 10.0. The van der Waals surface area contributed by atoms with Crippen molar-refractivity contribution in [3.05, 3.63) is 52.6 Å². The highest BCUT2D eigenvalue weighted by molar-refractivity contribution is 6.30. The number of rotatable bonds is 5. The summed E-state index contributed by atoms with van der Waals surface area (Å²) in [6.45, 7) is 2.57. The van der Waals surface area contributed by atoms with Gasteiger partial charge in [0.05, 0.1) is 6.54 Å². The summed E-state index contributed by atoms with van der Waals surface area (Å²) in [6, 6.07) is 7.43. The van der Waals surface area contributed by atoms with Crippen LogP contribution in [-0.2, 0) is 13.0 Å². The highest BCUT2D eigenvalue weighted by Crippen LogP contribution is 2.18. The van der Waals surface area contributed by atoms with Crippen LogP contribution in [0.4, 0.5) is 5.69 Å². The van der Waals surface area contributed by atoms with Gasteiger partial charge in [-0.2, -0.15) is 4.68 Å². The molecule has 0 spiro atoms. The van der Waals surface area contributed by atoms with Crippen LogP contribution in [-0.4, -0.2) is 20.7 Å². The monoisotopic (exact) mass is 316 g/mol. The number of benzene rings is 1. The third-order valence-corrected chi connectivity index (χ3v) is 3.76. The maximum atomic E-state index is 12.0. The number of allylic oxidation sites excluding steroid dienone is 2. The fourth-order valence-electron chi connectivity index (χ4n) is 2.48. The van der Waals surface area contributed by atoms with Crippen LogP contribution in [0.1, 0.15) is 36.2 Å². The minimum absolute atomic E-state index is 0.102. The van der Waals surface area contributed by atoms with E-state index in [9.17, 15) is 4.79 Å². The zero-order chi connectivity index (χ0) is 15.5. The van der Waals surface area contributed by atoms with E-state index in [1.807, 2.05) is 24.3 Å². The summed E-state index contributed by atoms with van der Waals surface area (Å²) in [6.07, 6.45) is 4.34. The minimum atomic E-state index is -0.102. The van der Waals surface area contributed by atoms with E-state index in [0.29, 0.717) is 23.8 Å². The fraction of sp³-hybridized carbons (Fsp3) is 0.312. The van der Waals surface area contributed by atoms with Gasteiger partial charge in [0.15, 0.2) is 5.82 Å². The van der Waals surface area contributed by atoms with Crippen molar-refractivity contribution in [3.63, 3.8) is 0 Å². The van der Waals surface area contributed by atoms with E-state index >= 15 is 0 Å². The van der Waals surface area contributed by atoms with Crippen LogP contribution in [0.3, 0.4) is 0 Å². The Labute approximate surface area is 134 Å². The molecule has 0 saturated heterocycles. The molecule has 0 atom stereocenters. The summed E-state index contributed by atoms with van der Waals surface area (Å²) in [5.41, 5.74) is 2.07. The van der Waals surface area contributed by atoms with Gasteiger partial charge in [-0.3, -0.25) is 4.79 Å². The SMILES string of the molecule is CCCC1=CC(=O)n2nc(CNc3ccc(Cl)cc3)nc2C1. The van der Waals surface area contributed by atoms with Gasteiger partial charge < -0.3 is 5.32 Å². The molecular formula is C16H17ClN4O. The second kappa shape index (κ2) is 6.32. The molecule has 1 N–H and O–H groups in total. The van der Waals surface area contributed by atoms with E-state index in [0.717, 1.165) is 29.9 Å². The van der Waals surface area contributed by atoms with Crippen LogP contribution in [0, 0.1) is 0 Å². The van der Waals surface area contributed by atoms with Gasteiger partial charge in [-0.05, 0) is 30.7 Å². The fourth-order valence-corrected chi connectivity index (χ4v) is 2.60. The third kappa shape index (κ3) is 3.20. The molecule has 2 aromatic rings. The minimum Gasteiger partial charge on any atom is -0.378 e. The van der Waals surface area contributed by atoms with E-state index in [1.165, 1.54) is 4.68 Å². The van der Waals surface area contributed by atoms with E-state index in [-0.39, 0.29) is 5.91 Å². The van der Waals surface area contributed by atoms with Gasteiger partial charge in [0.1, 0.15) is 5.82 Å². The maximum Gasteiger partial charge on any atom is 0.272 e. The number of anilines is 1. The summed E-state index contributed by atoms with van der Waals surface area (Å²) in [4.78, 5) is 16.5. The van der Waals surface area contributed by atoms with Crippen LogP contribution >= 0.6 is 11.6 Å². The number of carbonyl (C=O) groups is 1. The van der Waals surface area contributed by atoms with Crippen LogP contribution < -0.4 is 5.32 Å². The summed E-state index contributed by atoms with van der Waals surface area (Å²) in [5.74, 6) is 1.24. The standard InChI is InChI=1S/C16H17ClN4O/c1-2-3-11-8-15-19-14(20-21(15)16(22)9-11)10-18-13-6-4-12(17)5-7-13/h4-7,9,18H,2-3,8,10H2,1H3. The van der Waals surface area contributed by atoms with Crippen LogP contribution in [0.25, 0.3) is 0 Å². The van der Waals surface area contributed by atoms with Gasteiger partial charge in [0.2, 0.25) is 0 Å². The highest BCUT2D eigenvalue weighted by atomic mass is 35.5. The van der Waals surface area contributed by atoms with Crippen molar-refractivity contribution in [2.24, 2.45) is 0 Å². The van der Waals surface area contributed by atoms with Crippen molar-refractivity contribution < 1.29 is 4.79 Å². The summed E-state index contributed by atoms with van der Waals surface area (Å²) >= 11 is 5.85. The molecule has 3 rings (SSSR count). The number of hydrogen-bond acceptors (Lipinski definition) is 4. The van der Waals surface area contributed by atoms with Gasteiger partial charge >= 0.3 is 0 Å². The average molecular weight is 317 g/mol. The predicted molar refractivity (Wildman–Crippen MR) is 86.1 cm³/mol. The van der Waals surface area contributed by atoms with E-state index in [2.05, 4.69) is 22.3 Å². The normalized spacial score (nSPS) is 13.7. The Balaban J connectivity index is 1.69. The van der Waals surface area contributed by atoms with Crippen molar-refractivity contribution in [3.8, 4) is 0 Å². The molecule has 0 bridgehead atoms. The van der Waals surface area contributed by atoms with Crippen LogP contribution in [0.2, 0.25) is 5.02 Å². The third-order valence-electron chi connectivity index (χ3n) is 3.51. The number of fused-ring (bicyclic) bond motifs is 1. The molecule has 1 aromatic carbocycles. The maximum absolute atomic E-state index is 12.0. The number of carbonyl (C=O) groups excluding carboxylic acids is 1. The Morgan fingerprint density at radius 3 is 2.82 bits per heavy atom. The lowest BCUT2D eigenvalue weighted by molar-refractivity contribution is 0.0944. The second-order valence-corrected chi connectivity index (χ2v) is 5.72. The summed E-state index contributed by atoms with van der Waals surface area (Å²) in [5, 5.41) is 8.20. The van der Waals surface area contributed by atoms with Crippen molar-refractivity contribution >= 4 is 23.2 Å². The Hall–Kier alpha value is -2.14. The number of nitrogens with zero attached hydrogens (tertiary/aromatic N) is 3. The van der Waals surface area contributed by atoms with Gasteiger partial charge in [0, 0.05) is 23.2 Å². The number of aromatic nitrogens is 3. The summed E-state index contributed by atoms with van der Waals surface area (Å²) in [7, 11) is 0. The molecule has 0 radical (unpaired) electrons. The van der Waals surface area contributed by atoms with Crippen molar-refractivity contribution in [1.29, 1.82) is 0 Å². The molecule has 6 heteroatoms. The molecule has 1 aromatic heterocycles. The zero-order valence-electron chi connectivity index (χ0n) is 12.3. The van der Waals surface area contributed by atoms with Gasteiger partial charge in [-0.25, -0.2) is 4.98 Å². The highest BCUT2D eigenvalue weighted by Gasteiger charge is 2.20. The molecule has 0 fully saturated rings. The lowest BCUT2D eigenvalue weighted by Gasteiger charge is -2.11. The number of hydrogen-bond donors (Lipinski definition) is 1. The number of nitrogens with one attached hydrogen (secondary N) is 1. The van der Waals surface area contributed by atoms with Crippen molar-refractivity contribution in [1.82, 2.24) is 14.8 Å². The van der Waals surface area contributed by atoms with Crippen molar-refractivity contribution in [2.75, 3.05) is 5.32 Å². The lowest BCUT2D eigenvalue weighted by Crippen LogP contribution is -2.19.